The van der Waals surface area contributed by atoms with Gasteiger partial charge in [-0.05, 0) is 29.1 Å². The molecule has 0 aromatic carbocycles. The first kappa shape index (κ1) is 9.85. The van der Waals surface area contributed by atoms with E-state index in [0.717, 1.165) is 5.82 Å². The van der Waals surface area contributed by atoms with E-state index in [9.17, 15) is 0 Å². The Balaban J connectivity index is 2.09. The Morgan fingerprint density at radius 1 is 1.29 bits per heavy atom. The van der Waals surface area contributed by atoms with Crippen LogP contribution in [-0.2, 0) is 6.42 Å². The van der Waals surface area contributed by atoms with Crippen molar-refractivity contribution in [2.75, 3.05) is 6.54 Å². The molecule has 0 bridgehead atoms. The number of hydrogen-bond acceptors (Lipinski definition) is 6. The highest BCUT2D eigenvalue weighted by molar-refractivity contribution is 5.37. The van der Waals surface area contributed by atoms with Crippen molar-refractivity contribution in [1.29, 1.82) is 0 Å². The first-order valence-corrected chi connectivity index (χ1v) is 5.16. The zero-order valence-corrected chi connectivity index (χ0v) is 8.93. The summed E-state index contributed by atoms with van der Waals surface area (Å²) in [5.41, 5.74) is 6.14. The predicted molar refractivity (Wildman–Crippen MR) is 58.5 cm³/mol. The summed E-state index contributed by atoms with van der Waals surface area (Å²) in [5.74, 6) is 1.58. The second kappa shape index (κ2) is 3.91. The molecule has 86 valence electrons. The zero-order chi connectivity index (χ0) is 11.7. The summed E-state index contributed by atoms with van der Waals surface area (Å²) >= 11 is 0. The third-order valence-corrected chi connectivity index (χ3v) is 2.39. The fraction of sp³-hybridized carbons (Fsp3) is 0.222. The molecule has 0 aliphatic heterocycles. The number of fused-ring (bicyclic) bond motifs is 1. The highest BCUT2D eigenvalue weighted by Crippen LogP contribution is 2.08. The maximum absolute atomic E-state index is 5.53. The molecule has 0 aliphatic carbocycles. The molecule has 8 heteroatoms. The van der Waals surface area contributed by atoms with Crippen molar-refractivity contribution in [2.24, 2.45) is 5.73 Å². The van der Waals surface area contributed by atoms with Crippen molar-refractivity contribution in [3.8, 4) is 5.82 Å². The smallest absolute Gasteiger partial charge is 0.200 e. The van der Waals surface area contributed by atoms with Gasteiger partial charge in [0.25, 0.3) is 0 Å². The number of rotatable bonds is 3. The minimum atomic E-state index is 0.546. The number of hydrogen-bond donors (Lipinski definition) is 1. The van der Waals surface area contributed by atoms with Gasteiger partial charge in [0.1, 0.15) is 5.82 Å². The largest absolute Gasteiger partial charge is 0.330 e. The average molecular weight is 230 g/mol. The molecule has 0 unspecified atom stereocenters. The van der Waals surface area contributed by atoms with E-state index < -0.39 is 0 Å². The predicted octanol–water partition coefficient (Wildman–Crippen LogP) is -0.794. The van der Waals surface area contributed by atoms with Gasteiger partial charge in [0.15, 0.2) is 11.5 Å². The van der Waals surface area contributed by atoms with E-state index in [1.807, 2.05) is 16.8 Å². The van der Waals surface area contributed by atoms with Gasteiger partial charge in [0.2, 0.25) is 0 Å². The molecule has 17 heavy (non-hydrogen) atoms. The molecular formula is C9H10N8. The van der Waals surface area contributed by atoms with Crippen LogP contribution in [0.3, 0.4) is 0 Å². The van der Waals surface area contributed by atoms with Gasteiger partial charge in [-0.3, -0.25) is 4.57 Å². The van der Waals surface area contributed by atoms with Gasteiger partial charge in [-0.2, -0.15) is 0 Å². The van der Waals surface area contributed by atoms with Crippen LogP contribution >= 0.6 is 0 Å². The fourth-order valence-corrected chi connectivity index (χ4v) is 1.63. The van der Waals surface area contributed by atoms with Crippen LogP contribution in [0.1, 0.15) is 5.82 Å². The van der Waals surface area contributed by atoms with Crippen molar-refractivity contribution in [3.63, 3.8) is 0 Å². The fourth-order valence-electron chi connectivity index (χ4n) is 1.63. The molecule has 0 aliphatic rings. The van der Waals surface area contributed by atoms with E-state index in [1.54, 1.807) is 12.3 Å². The van der Waals surface area contributed by atoms with Crippen molar-refractivity contribution in [1.82, 2.24) is 34.8 Å². The lowest BCUT2D eigenvalue weighted by atomic mass is 10.4. The molecule has 3 heterocycles. The van der Waals surface area contributed by atoms with Gasteiger partial charge >= 0.3 is 0 Å². The average Bonchev–Trinajstić information content (AvgIpc) is 2.96. The lowest BCUT2D eigenvalue weighted by Gasteiger charge is -2.05. The summed E-state index contributed by atoms with van der Waals surface area (Å²) in [6, 6.07) is 3.64. The lowest BCUT2D eigenvalue weighted by molar-refractivity contribution is 0.708. The van der Waals surface area contributed by atoms with E-state index in [4.69, 9.17) is 5.73 Å². The molecule has 0 radical (unpaired) electrons. The highest BCUT2D eigenvalue weighted by atomic mass is 15.6. The molecule has 8 nitrogen and oxygen atoms in total. The summed E-state index contributed by atoms with van der Waals surface area (Å²) in [6.07, 6.45) is 4.25. The second-order valence-electron chi connectivity index (χ2n) is 3.47. The molecule has 0 saturated heterocycles. The Kier molecular flexibility index (Phi) is 2.26. The summed E-state index contributed by atoms with van der Waals surface area (Å²) < 4.78 is 3.25. The van der Waals surface area contributed by atoms with Crippen molar-refractivity contribution in [2.45, 2.75) is 6.42 Å². The van der Waals surface area contributed by atoms with Gasteiger partial charge < -0.3 is 5.73 Å². The maximum Gasteiger partial charge on any atom is 0.200 e. The van der Waals surface area contributed by atoms with Crippen LogP contribution in [0, 0.1) is 0 Å². The van der Waals surface area contributed by atoms with Crippen LogP contribution < -0.4 is 5.73 Å². The van der Waals surface area contributed by atoms with Crippen LogP contribution in [0.4, 0.5) is 0 Å². The lowest BCUT2D eigenvalue weighted by Crippen LogP contribution is -2.10. The molecule has 0 atom stereocenters. The minimum absolute atomic E-state index is 0.546. The van der Waals surface area contributed by atoms with Gasteiger partial charge in [-0.25, -0.2) is 4.98 Å². The minimum Gasteiger partial charge on any atom is -0.330 e. The molecule has 0 amide bonds. The summed E-state index contributed by atoms with van der Waals surface area (Å²) in [4.78, 5) is 4.23. The van der Waals surface area contributed by atoms with Gasteiger partial charge in [-0.15, -0.1) is 14.8 Å². The van der Waals surface area contributed by atoms with E-state index in [-0.39, 0.29) is 0 Å². The Bertz CT molecular complexity index is 639. The number of aromatic nitrogens is 7. The molecule has 0 spiro atoms. The quantitative estimate of drug-likeness (QED) is 0.632. The summed E-state index contributed by atoms with van der Waals surface area (Å²) in [7, 11) is 0. The molecule has 3 aromatic heterocycles. The summed E-state index contributed by atoms with van der Waals surface area (Å²) in [6.45, 7) is 0.546. The maximum atomic E-state index is 5.53. The van der Waals surface area contributed by atoms with Crippen molar-refractivity contribution < 1.29 is 0 Å². The standard InChI is InChI=1S/C9H10N8/c10-4-3-7-11-5-6-16(7)9-2-1-8-12-14-15-17(8)13-9/h1-2,5-6H,3-4,10H2. The number of imidazole rings is 1. The normalized spacial score (nSPS) is 11.1. The topological polar surface area (TPSA) is 99.8 Å². The third kappa shape index (κ3) is 1.64. The van der Waals surface area contributed by atoms with Crippen LogP contribution in [0.5, 0.6) is 0 Å². The van der Waals surface area contributed by atoms with E-state index in [1.165, 1.54) is 4.63 Å². The molecule has 2 N–H and O–H groups in total. The Morgan fingerprint density at radius 2 is 2.24 bits per heavy atom. The zero-order valence-electron chi connectivity index (χ0n) is 8.93. The van der Waals surface area contributed by atoms with E-state index >= 15 is 0 Å². The third-order valence-electron chi connectivity index (χ3n) is 2.39. The van der Waals surface area contributed by atoms with Gasteiger partial charge in [0.05, 0.1) is 0 Å². The molecular weight excluding hydrogens is 220 g/mol. The van der Waals surface area contributed by atoms with Gasteiger partial charge in [0, 0.05) is 18.8 Å². The molecule has 0 saturated carbocycles. The summed E-state index contributed by atoms with van der Waals surface area (Å²) in [5, 5.41) is 15.4. The van der Waals surface area contributed by atoms with Crippen molar-refractivity contribution >= 4 is 5.65 Å². The molecule has 3 aromatic rings. The highest BCUT2D eigenvalue weighted by Gasteiger charge is 2.07. The van der Waals surface area contributed by atoms with Crippen LogP contribution in [-0.4, -0.2) is 41.4 Å². The Morgan fingerprint density at radius 3 is 3.12 bits per heavy atom. The Labute approximate surface area is 96.1 Å². The first-order valence-electron chi connectivity index (χ1n) is 5.16. The monoisotopic (exact) mass is 230 g/mol. The second-order valence-corrected chi connectivity index (χ2v) is 3.47. The molecule has 3 rings (SSSR count). The number of nitrogens with zero attached hydrogens (tertiary/aromatic N) is 7. The Hall–Kier alpha value is -2.35. The number of nitrogens with two attached hydrogens (primary N) is 1. The SMILES string of the molecule is NCCc1nccn1-c1ccc2nnnn2n1. The van der Waals surface area contributed by atoms with E-state index in [0.29, 0.717) is 24.4 Å². The van der Waals surface area contributed by atoms with Crippen LogP contribution in [0.15, 0.2) is 24.5 Å². The molecule has 0 fully saturated rings. The van der Waals surface area contributed by atoms with Crippen molar-refractivity contribution in [3.05, 3.63) is 30.4 Å². The first-order chi connectivity index (χ1) is 8.38. The van der Waals surface area contributed by atoms with Crippen LogP contribution in [0.25, 0.3) is 11.5 Å². The number of tetrazole rings is 1. The van der Waals surface area contributed by atoms with E-state index in [2.05, 4.69) is 25.6 Å². The van der Waals surface area contributed by atoms with Gasteiger partial charge in [-0.1, -0.05) is 0 Å². The van der Waals surface area contributed by atoms with Crippen LogP contribution in [0.2, 0.25) is 0 Å².